The van der Waals surface area contributed by atoms with Crippen LogP contribution in [0.3, 0.4) is 0 Å². The van der Waals surface area contributed by atoms with Crippen LogP contribution in [0.4, 0.5) is 5.69 Å². The van der Waals surface area contributed by atoms with Gasteiger partial charge >= 0.3 is 11.9 Å². The average molecular weight is 487 g/mol. The van der Waals surface area contributed by atoms with E-state index < -0.39 is 11.9 Å². The zero-order valence-electron chi connectivity index (χ0n) is 16.8. The zero-order chi connectivity index (χ0) is 22.4. The predicted molar refractivity (Wildman–Crippen MR) is 114 cm³/mol. The van der Waals surface area contributed by atoms with E-state index in [1.807, 2.05) is 42.5 Å². The molecular formula is C21H19BrN4O5. The van der Waals surface area contributed by atoms with Crippen molar-refractivity contribution in [2.24, 2.45) is 0 Å². The Labute approximate surface area is 186 Å². The monoisotopic (exact) mass is 486 g/mol. The summed E-state index contributed by atoms with van der Waals surface area (Å²) in [6, 6.07) is 16.7. The Hall–Kier alpha value is -3.53. The van der Waals surface area contributed by atoms with Gasteiger partial charge < -0.3 is 14.4 Å². The summed E-state index contributed by atoms with van der Waals surface area (Å²) >= 11 is 3.39. The standard InChI is InChI=1S/C21H19BrN4O5/c1-30-20(28)18-19(21(29)31-2)26(24-23-18)13-17(27)25(12-14-6-4-3-5-7-14)16-10-8-15(22)9-11-16/h3-11H,12-13H2,1-2H3. The van der Waals surface area contributed by atoms with E-state index in [1.54, 1.807) is 17.0 Å². The molecule has 0 fully saturated rings. The first-order valence-corrected chi connectivity index (χ1v) is 9.94. The molecule has 3 rings (SSSR count). The summed E-state index contributed by atoms with van der Waals surface area (Å²) in [7, 11) is 2.31. The summed E-state index contributed by atoms with van der Waals surface area (Å²) in [6.07, 6.45) is 0. The smallest absolute Gasteiger partial charge is 0.361 e. The lowest BCUT2D eigenvalue weighted by Crippen LogP contribution is -2.34. The minimum absolute atomic E-state index is 0.252. The number of benzene rings is 2. The number of carbonyl (C=O) groups excluding carboxylic acids is 3. The second kappa shape index (κ2) is 9.98. The first-order chi connectivity index (χ1) is 14.9. The van der Waals surface area contributed by atoms with Crippen molar-refractivity contribution in [3.8, 4) is 0 Å². The Morgan fingerprint density at radius 3 is 2.23 bits per heavy atom. The van der Waals surface area contributed by atoms with Crippen LogP contribution in [0, 0.1) is 0 Å². The van der Waals surface area contributed by atoms with Gasteiger partial charge in [-0.05, 0) is 29.8 Å². The molecule has 0 atom stereocenters. The van der Waals surface area contributed by atoms with E-state index in [4.69, 9.17) is 4.74 Å². The molecule has 0 radical (unpaired) electrons. The quantitative estimate of drug-likeness (QED) is 0.472. The molecule has 0 aliphatic heterocycles. The SMILES string of the molecule is COC(=O)c1nnn(CC(=O)N(Cc2ccccc2)c2ccc(Br)cc2)c1C(=O)OC. The lowest BCUT2D eigenvalue weighted by atomic mass is 10.2. The topological polar surface area (TPSA) is 104 Å². The van der Waals surface area contributed by atoms with Gasteiger partial charge in [0.15, 0.2) is 5.69 Å². The number of methoxy groups -OCH3 is 2. The van der Waals surface area contributed by atoms with Crippen LogP contribution in [-0.2, 0) is 27.4 Å². The normalized spacial score (nSPS) is 10.4. The number of ether oxygens (including phenoxy) is 2. The molecule has 1 heterocycles. The lowest BCUT2D eigenvalue weighted by Gasteiger charge is -2.23. The lowest BCUT2D eigenvalue weighted by molar-refractivity contribution is -0.119. The largest absolute Gasteiger partial charge is 0.464 e. The number of amides is 1. The van der Waals surface area contributed by atoms with Crippen LogP contribution in [0.1, 0.15) is 26.5 Å². The number of hydrogen-bond donors (Lipinski definition) is 0. The Morgan fingerprint density at radius 1 is 0.968 bits per heavy atom. The number of anilines is 1. The van der Waals surface area contributed by atoms with Crippen LogP contribution in [0.2, 0.25) is 0 Å². The third kappa shape index (κ3) is 5.15. The van der Waals surface area contributed by atoms with Gasteiger partial charge in [-0.2, -0.15) is 0 Å². The van der Waals surface area contributed by atoms with Crippen LogP contribution >= 0.6 is 15.9 Å². The first kappa shape index (κ1) is 22.2. The van der Waals surface area contributed by atoms with Crippen LogP contribution < -0.4 is 4.90 Å². The number of halogens is 1. The molecule has 0 saturated heterocycles. The van der Waals surface area contributed by atoms with E-state index >= 15 is 0 Å². The molecule has 3 aromatic rings. The Balaban J connectivity index is 1.95. The number of hydrogen-bond acceptors (Lipinski definition) is 7. The second-order valence-electron chi connectivity index (χ2n) is 6.37. The van der Waals surface area contributed by atoms with Crippen molar-refractivity contribution in [1.82, 2.24) is 15.0 Å². The minimum Gasteiger partial charge on any atom is -0.464 e. The molecule has 10 heteroatoms. The molecule has 2 aromatic carbocycles. The second-order valence-corrected chi connectivity index (χ2v) is 7.29. The fourth-order valence-electron chi connectivity index (χ4n) is 2.88. The van der Waals surface area contributed by atoms with Gasteiger partial charge in [0.2, 0.25) is 11.6 Å². The third-order valence-electron chi connectivity index (χ3n) is 4.40. The van der Waals surface area contributed by atoms with Crippen molar-refractivity contribution in [3.05, 3.63) is 76.0 Å². The molecule has 0 aliphatic carbocycles. The summed E-state index contributed by atoms with van der Waals surface area (Å²) in [5.74, 6) is -2.07. The minimum atomic E-state index is -0.854. The van der Waals surface area contributed by atoms with Crippen LogP contribution in [0.15, 0.2) is 59.1 Å². The third-order valence-corrected chi connectivity index (χ3v) is 4.93. The van der Waals surface area contributed by atoms with Crippen LogP contribution in [0.5, 0.6) is 0 Å². The summed E-state index contributed by atoms with van der Waals surface area (Å²) in [5.41, 5.74) is 1.00. The molecule has 9 nitrogen and oxygen atoms in total. The summed E-state index contributed by atoms with van der Waals surface area (Å²) in [5, 5.41) is 7.50. The highest BCUT2D eigenvalue weighted by Crippen LogP contribution is 2.21. The number of carbonyl (C=O) groups is 3. The summed E-state index contributed by atoms with van der Waals surface area (Å²) in [6.45, 7) is -0.0370. The molecule has 160 valence electrons. The maximum absolute atomic E-state index is 13.3. The summed E-state index contributed by atoms with van der Waals surface area (Å²) < 4.78 is 11.3. The first-order valence-electron chi connectivity index (χ1n) is 9.14. The molecule has 0 unspecified atom stereocenters. The van der Waals surface area contributed by atoms with E-state index in [0.29, 0.717) is 12.2 Å². The maximum Gasteiger partial charge on any atom is 0.361 e. The number of nitrogens with zero attached hydrogens (tertiary/aromatic N) is 4. The zero-order valence-corrected chi connectivity index (χ0v) is 18.4. The van der Waals surface area contributed by atoms with Crippen molar-refractivity contribution in [2.45, 2.75) is 13.1 Å². The van der Waals surface area contributed by atoms with Gasteiger partial charge in [-0.25, -0.2) is 14.3 Å². The molecule has 0 bridgehead atoms. The van der Waals surface area contributed by atoms with Crippen LogP contribution in [-0.4, -0.2) is 47.1 Å². The van der Waals surface area contributed by atoms with Gasteiger partial charge in [0.05, 0.1) is 20.8 Å². The number of aromatic nitrogens is 3. The van der Waals surface area contributed by atoms with E-state index in [0.717, 1.165) is 28.9 Å². The van der Waals surface area contributed by atoms with Crippen molar-refractivity contribution in [3.63, 3.8) is 0 Å². The average Bonchev–Trinajstić information content (AvgIpc) is 3.21. The van der Waals surface area contributed by atoms with E-state index in [9.17, 15) is 14.4 Å². The van der Waals surface area contributed by atoms with E-state index in [1.165, 1.54) is 0 Å². The highest BCUT2D eigenvalue weighted by Gasteiger charge is 2.29. The van der Waals surface area contributed by atoms with Gasteiger partial charge in [0.25, 0.3) is 0 Å². The van der Waals surface area contributed by atoms with Gasteiger partial charge in [-0.3, -0.25) is 4.79 Å². The van der Waals surface area contributed by atoms with Crippen molar-refractivity contribution >= 4 is 39.5 Å². The van der Waals surface area contributed by atoms with Gasteiger partial charge in [0, 0.05) is 10.2 Å². The van der Waals surface area contributed by atoms with Gasteiger partial charge in [0.1, 0.15) is 6.54 Å². The Morgan fingerprint density at radius 2 is 1.61 bits per heavy atom. The molecular weight excluding hydrogens is 468 g/mol. The molecule has 1 amide bonds. The van der Waals surface area contributed by atoms with E-state index in [-0.39, 0.29) is 23.8 Å². The van der Waals surface area contributed by atoms with Crippen LogP contribution in [0.25, 0.3) is 0 Å². The van der Waals surface area contributed by atoms with Gasteiger partial charge in [-0.15, -0.1) is 5.10 Å². The number of esters is 2. The number of rotatable bonds is 7. The van der Waals surface area contributed by atoms with Crippen molar-refractivity contribution < 1.29 is 23.9 Å². The highest BCUT2D eigenvalue weighted by molar-refractivity contribution is 9.10. The fourth-order valence-corrected chi connectivity index (χ4v) is 3.14. The Bertz CT molecular complexity index is 1080. The molecule has 0 saturated carbocycles. The van der Waals surface area contributed by atoms with Gasteiger partial charge in [-0.1, -0.05) is 51.5 Å². The molecule has 0 aliphatic rings. The van der Waals surface area contributed by atoms with Crippen molar-refractivity contribution in [1.29, 1.82) is 0 Å². The molecule has 31 heavy (non-hydrogen) atoms. The highest BCUT2D eigenvalue weighted by atomic mass is 79.9. The Kier molecular flexibility index (Phi) is 7.14. The maximum atomic E-state index is 13.3. The summed E-state index contributed by atoms with van der Waals surface area (Å²) in [4.78, 5) is 39.0. The predicted octanol–water partition coefficient (Wildman–Crippen LogP) is 2.85. The fraction of sp³-hybridized carbons (Fsp3) is 0.190. The molecule has 0 N–H and O–H groups in total. The van der Waals surface area contributed by atoms with E-state index in [2.05, 4.69) is 31.0 Å². The van der Waals surface area contributed by atoms with Crippen molar-refractivity contribution in [2.75, 3.05) is 19.1 Å². The molecule has 1 aromatic heterocycles. The molecule has 0 spiro atoms.